The summed E-state index contributed by atoms with van der Waals surface area (Å²) in [5.41, 5.74) is 1.20. The number of hydrogen-bond acceptors (Lipinski definition) is 5. The number of nitrogens with zero attached hydrogens (tertiary/aromatic N) is 1. The van der Waals surface area contributed by atoms with Gasteiger partial charge in [-0.2, -0.15) is 0 Å². The molecule has 0 aliphatic heterocycles. The molecule has 0 saturated heterocycles. The topological polar surface area (TPSA) is 77.4 Å². The summed E-state index contributed by atoms with van der Waals surface area (Å²) >= 11 is 1.43. The Morgan fingerprint density at radius 2 is 2.20 bits per heavy atom. The fourth-order valence-electron chi connectivity index (χ4n) is 3.07. The number of amides is 1. The number of nitrogens with one attached hydrogen (secondary N) is 1. The van der Waals surface area contributed by atoms with Gasteiger partial charge in [-0.15, -0.1) is 11.3 Å². The van der Waals surface area contributed by atoms with Crippen molar-refractivity contribution >= 4 is 28.2 Å². The van der Waals surface area contributed by atoms with Crippen LogP contribution in [0.3, 0.4) is 0 Å². The Morgan fingerprint density at radius 3 is 2.92 bits per heavy atom. The van der Waals surface area contributed by atoms with Crippen LogP contribution in [0.1, 0.15) is 34.1 Å². The van der Waals surface area contributed by atoms with Crippen LogP contribution < -0.4 is 10.9 Å². The largest absolute Gasteiger partial charge is 0.465 e. The van der Waals surface area contributed by atoms with Gasteiger partial charge in [0.25, 0.3) is 5.56 Å². The molecule has 25 heavy (non-hydrogen) atoms. The Hall–Kier alpha value is -2.41. The highest BCUT2D eigenvalue weighted by molar-refractivity contribution is 7.17. The Kier molecular flexibility index (Phi) is 5.03. The maximum absolute atomic E-state index is 12.4. The van der Waals surface area contributed by atoms with Crippen LogP contribution in [0.2, 0.25) is 0 Å². The Morgan fingerprint density at radius 1 is 1.40 bits per heavy atom. The number of aromatic nitrogens is 1. The second kappa shape index (κ2) is 7.23. The average Bonchev–Trinajstić information content (AvgIpc) is 2.92. The van der Waals surface area contributed by atoms with Crippen LogP contribution >= 0.6 is 11.3 Å². The quantitative estimate of drug-likeness (QED) is 0.850. The van der Waals surface area contributed by atoms with Gasteiger partial charge >= 0.3 is 5.97 Å². The van der Waals surface area contributed by atoms with Crippen molar-refractivity contribution in [3.63, 3.8) is 0 Å². The zero-order valence-corrected chi connectivity index (χ0v) is 15.0. The first kappa shape index (κ1) is 17.4. The molecule has 0 saturated carbocycles. The molecule has 0 bridgehead atoms. The molecule has 1 aliphatic carbocycles. The lowest BCUT2D eigenvalue weighted by Crippen LogP contribution is -2.26. The number of ether oxygens (including phenoxy) is 1. The molecule has 1 atom stereocenters. The summed E-state index contributed by atoms with van der Waals surface area (Å²) in [5, 5.41) is 3.31. The molecule has 132 valence electrons. The molecule has 0 radical (unpaired) electrons. The molecule has 3 rings (SSSR count). The van der Waals surface area contributed by atoms with E-state index in [9.17, 15) is 14.4 Å². The van der Waals surface area contributed by atoms with E-state index in [1.54, 1.807) is 18.3 Å². The number of hydrogen-bond donors (Lipinski definition) is 1. The van der Waals surface area contributed by atoms with Gasteiger partial charge in [-0.05, 0) is 36.8 Å². The van der Waals surface area contributed by atoms with Crippen molar-refractivity contribution < 1.29 is 14.3 Å². The number of thiophene rings is 1. The molecule has 6 nitrogen and oxygen atoms in total. The summed E-state index contributed by atoms with van der Waals surface area (Å²) in [6.07, 6.45) is 4.29. The Balaban J connectivity index is 1.86. The lowest BCUT2D eigenvalue weighted by molar-refractivity contribution is -0.116. The second-order valence-corrected chi connectivity index (χ2v) is 7.37. The smallest absolute Gasteiger partial charge is 0.341 e. The SMILES string of the molecule is COC(=O)c1c(NC(=O)Cn2ccccc2=O)sc2c1CC[C@H](C)C2. The van der Waals surface area contributed by atoms with Gasteiger partial charge in [-0.1, -0.05) is 13.0 Å². The van der Waals surface area contributed by atoms with Crippen LogP contribution in [0.4, 0.5) is 5.00 Å². The molecule has 7 heteroatoms. The normalized spacial score (nSPS) is 16.2. The summed E-state index contributed by atoms with van der Waals surface area (Å²) in [5.74, 6) is -0.215. The first-order valence-corrected chi connectivity index (χ1v) is 8.99. The first-order valence-electron chi connectivity index (χ1n) is 8.17. The van der Waals surface area contributed by atoms with Crippen molar-refractivity contribution in [3.8, 4) is 0 Å². The van der Waals surface area contributed by atoms with Gasteiger partial charge in [-0.3, -0.25) is 9.59 Å². The molecule has 0 unspecified atom stereocenters. The van der Waals surface area contributed by atoms with Crippen LogP contribution in [0.25, 0.3) is 0 Å². The molecule has 1 amide bonds. The van der Waals surface area contributed by atoms with E-state index in [1.165, 1.54) is 29.1 Å². The predicted octanol–water partition coefficient (Wildman–Crippen LogP) is 2.46. The Labute approximate surface area is 149 Å². The van der Waals surface area contributed by atoms with E-state index in [0.29, 0.717) is 16.5 Å². The van der Waals surface area contributed by atoms with Gasteiger partial charge in [0.15, 0.2) is 0 Å². The van der Waals surface area contributed by atoms with E-state index >= 15 is 0 Å². The van der Waals surface area contributed by atoms with E-state index in [2.05, 4.69) is 12.2 Å². The van der Waals surface area contributed by atoms with E-state index < -0.39 is 5.97 Å². The molecule has 0 fully saturated rings. The standard InChI is InChI=1S/C18H20N2O4S/c1-11-6-7-12-13(9-11)25-17(16(12)18(23)24-2)19-14(21)10-20-8-4-3-5-15(20)22/h3-5,8,11H,6-7,9-10H2,1-2H3,(H,19,21)/t11-/m0/s1. The molecular formula is C18H20N2O4S. The van der Waals surface area contributed by atoms with Crippen LogP contribution in [0.5, 0.6) is 0 Å². The molecule has 2 heterocycles. The monoisotopic (exact) mass is 360 g/mol. The number of methoxy groups -OCH3 is 1. The predicted molar refractivity (Wildman–Crippen MR) is 96.2 cm³/mol. The van der Waals surface area contributed by atoms with Gasteiger partial charge in [0.2, 0.25) is 5.91 Å². The zero-order chi connectivity index (χ0) is 18.0. The lowest BCUT2D eigenvalue weighted by atomic mass is 9.88. The number of carbonyl (C=O) groups is 2. The molecule has 0 spiro atoms. The van der Waals surface area contributed by atoms with Gasteiger partial charge < -0.3 is 14.6 Å². The number of esters is 1. The molecule has 0 aromatic carbocycles. The van der Waals surface area contributed by atoms with Crippen LogP contribution in [-0.4, -0.2) is 23.6 Å². The highest BCUT2D eigenvalue weighted by Crippen LogP contribution is 2.40. The van der Waals surface area contributed by atoms with Gasteiger partial charge in [-0.25, -0.2) is 4.79 Å². The summed E-state index contributed by atoms with van der Waals surface area (Å²) in [4.78, 5) is 37.4. The van der Waals surface area contributed by atoms with Gasteiger partial charge in [0.05, 0.1) is 12.7 Å². The number of fused-ring (bicyclic) bond motifs is 1. The molecule has 1 N–H and O–H groups in total. The Bertz CT molecular complexity index is 868. The minimum absolute atomic E-state index is 0.0980. The van der Waals surface area contributed by atoms with Gasteiger partial charge in [0, 0.05) is 17.1 Å². The lowest BCUT2D eigenvalue weighted by Gasteiger charge is -2.18. The number of pyridine rings is 1. The van der Waals surface area contributed by atoms with Crippen LogP contribution in [-0.2, 0) is 28.9 Å². The number of rotatable bonds is 4. The van der Waals surface area contributed by atoms with Gasteiger partial charge in [0.1, 0.15) is 11.5 Å². The van der Waals surface area contributed by atoms with Crippen molar-refractivity contribution in [2.75, 3.05) is 12.4 Å². The van der Waals surface area contributed by atoms with E-state index in [-0.39, 0.29) is 18.0 Å². The molecular weight excluding hydrogens is 340 g/mol. The van der Waals surface area contributed by atoms with Crippen molar-refractivity contribution in [2.24, 2.45) is 5.92 Å². The first-order chi connectivity index (χ1) is 12.0. The number of anilines is 1. The fourth-order valence-corrected chi connectivity index (χ4v) is 4.48. The van der Waals surface area contributed by atoms with E-state index in [0.717, 1.165) is 29.7 Å². The van der Waals surface area contributed by atoms with Crippen molar-refractivity contribution in [2.45, 2.75) is 32.7 Å². The third-order valence-corrected chi connectivity index (χ3v) is 5.54. The zero-order valence-electron chi connectivity index (χ0n) is 14.2. The summed E-state index contributed by atoms with van der Waals surface area (Å²) in [6.45, 7) is 2.08. The third kappa shape index (κ3) is 3.66. The van der Waals surface area contributed by atoms with E-state index in [4.69, 9.17) is 4.74 Å². The second-order valence-electron chi connectivity index (χ2n) is 6.26. The van der Waals surface area contributed by atoms with Crippen molar-refractivity contribution in [1.29, 1.82) is 0 Å². The average molecular weight is 360 g/mol. The summed E-state index contributed by atoms with van der Waals surface area (Å²) < 4.78 is 6.23. The van der Waals surface area contributed by atoms with Crippen LogP contribution in [0, 0.1) is 5.92 Å². The highest BCUT2D eigenvalue weighted by Gasteiger charge is 2.28. The molecule has 1 aliphatic rings. The fraction of sp³-hybridized carbons (Fsp3) is 0.389. The summed E-state index contributed by atoms with van der Waals surface area (Å²) in [7, 11) is 1.34. The minimum Gasteiger partial charge on any atom is -0.465 e. The highest BCUT2D eigenvalue weighted by atomic mass is 32.1. The number of carbonyl (C=O) groups excluding carboxylic acids is 2. The third-order valence-electron chi connectivity index (χ3n) is 4.37. The molecule has 2 aromatic rings. The van der Waals surface area contributed by atoms with Crippen molar-refractivity contribution in [1.82, 2.24) is 4.57 Å². The minimum atomic E-state index is -0.431. The summed E-state index contributed by atoms with van der Waals surface area (Å²) in [6, 6.07) is 4.72. The maximum Gasteiger partial charge on any atom is 0.341 e. The molecule has 2 aromatic heterocycles. The van der Waals surface area contributed by atoms with Crippen molar-refractivity contribution in [3.05, 3.63) is 50.8 Å². The van der Waals surface area contributed by atoms with Crippen LogP contribution in [0.15, 0.2) is 29.2 Å². The van der Waals surface area contributed by atoms with E-state index in [1.807, 2.05) is 0 Å². The maximum atomic E-state index is 12.4.